The number of ether oxygens (including phenoxy) is 2. The highest BCUT2D eigenvalue weighted by Crippen LogP contribution is 2.46. The van der Waals surface area contributed by atoms with E-state index in [2.05, 4.69) is 30.3 Å². The molecule has 1 heterocycles. The molecule has 1 aliphatic heterocycles. The normalized spacial score (nSPS) is 16.1. The molecule has 172 valence electrons. The van der Waals surface area contributed by atoms with Crippen LogP contribution in [0.25, 0.3) is 16.8 Å². The van der Waals surface area contributed by atoms with Gasteiger partial charge in [0.25, 0.3) is 0 Å². The van der Waals surface area contributed by atoms with Crippen LogP contribution in [-0.2, 0) is 5.60 Å². The molecule has 36 heavy (non-hydrogen) atoms. The molecule has 6 rings (SSSR count). The Balaban J connectivity index is 1.51. The first-order valence-corrected chi connectivity index (χ1v) is 12.0. The van der Waals surface area contributed by atoms with Crippen LogP contribution in [0.5, 0.6) is 17.2 Å². The van der Waals surface area contributed by atoms with Crippen molar-refractivity contribution < 1.29 is 9.47 Å². The molecule has 0 aromatic heterocycles. The minimum absolute atomic E-state index is 0.450. The Labute approximate surface area is 214 Å². The van der Waals surface area contributed by atoms with Gasteiger partial charge >= 0.3 is 0 Å². The summed E-state index contributed by atoms with van der Waals surface area (Å²) in [6.07, 6.45) is 4.10. The molecule has 0 aliphatic carbocycles. The smallest absolute Gasteiger partial charge is 0.179 e. The molecular weight excluding hydrogens is 466 g/mol. The van der Waals surface area contributed by atoms with Gasteiger partial charge in [0.2, 0.25) is 0 Å². The number of rotatable bonds is 4. The van der Waals surface area contributed by atoms with E-state index in [-0.39, 0.29) is 0 Å². The van der Waals surface area contributed by atoms with E-state index < -0.39 is 5.60 Å². The maximum atomic E-state index is 9.93. The molecule has 0 bridgehead atoms. The van der Waals surface area contributed by atoms with Crippen LogP contribution in [0.2, 0.25) is 5.02 Å². The zero-order valence-electron chi connectivity index (χ0n) is 19.2. The highest BCUT2D eigenvalue weighted by molar-refractivity contribution is 6.32. The highest BCUT2D eigenvalue weighted by atomic mass is 35.5. The lowest BCUT2D eigenvalue weighted by Gasteiger charge is -2.37. The van der Waals surface area contributed by atoms with E-state index in [9.17, 15) is 5.26 Å². The molecule has 1 atom stereocenters. The number of fused-ring (bicyclic) bond motifs is 3. The fourth-order valence-corrected chi connectivity index (χ4v) is 4.95. The summed E-state index contributed by atoms with van der Waals surface area (Å²) in [6.45, 7) is 0. The van der Waals surface area contributed by atoms with Gasteiger partial charge in [-0.3, -0.25) is 0 Å². The lowest BCUT2D eigenvalue weighted by atomic mass is 9.81. The molecule has 0 amide bonds. The summed E-state index contributed by atoms with van der Waals surface area (Å²) in [6, 6.07) is 37.2. The number of halogens is 1. The van der Waals surface area contributed by atoms with Crippen molar-refractivity contribution in [3.63, 3.8) is 0 Å². The van der Waals surface area contributed by atoms with Crippen LogP contribution in [0.15, 0.2) is 115 Å². The monoisotopic (exact) mass is 485 g/mol. The summed E-state index contributed by atoms with van der Waals surface area (Å²) in [5, 5.41) is 12.6. The molecule has 5 aromatic carbocycles. The minimum Gasteiger partial charge on any atom is -0.473 e. The Kier molecular flexibility index (Phi) is 5.45. The lowest BCUT2D eigenvalue weighted by molar-refractivity contribution is 0.161. The summed E-state index contributed by atoms with van der Waals surface area (Å²) in [5.41, 5.74) is 2.04. The Morgan fingerprint density at radius 2 is 1.58 bits per heavy atom. The van der Waals surface area contributed by atoms with Crippen molar-refractivity contribution in [1.29, 1.82) is 5.26 Å². The summed E-state index contributed by atoms with van der Waals surface area (Å²) in [4.78, 5) is 0. The van der Waals surface area contributed by atoms with Crippen LogP contribution >= 0.6 is 11.6 Å². The van der Waals surface area contributed by atoms with E-state index in [1.54, 1.807) is 6.07 Å². The first kappa shape index (κ1) is 22.0. The molecule has 3 nitrogen and oxygen atoms in total. The van der Waals surface area contributed by atoms with Crippen molar-refractivity contribution in [3.8, 4) is 23.3 Å². The van der Waals surface area contributed by atoms with Crippen LogP contribution < -0.4 is 9.47 Å². The van der Waals surface area contributed by atoms with Crippen molar-refractivity contribution in [2.24, 2.45) is 0 Å². The molecule has 1 unspecified atom stereocenters. The van der Waals surface area contributed by atoms with Crippen LogP contribution in [-0.4, -0.2) is 0 Å². The highest BCUT2D eigenvalue weighted by Gasteiger charge is 2.39. The van der Waals surface area contributed by atoms with E-state index in [1.165, 1.54) is 0 Å². The predicted molar refractivity (Wildman–Crippen MR) is 144 cm³/mol. The van der Waals surface area contributed by atoms with Gasteiger partial charge in [-0.05, 0) is 59.3 Å². The molecular formula is C32H20ClNO2. The fraction of sp³-hybridized carbons (Fsp3) is 0.0312. The van der Waals surface area contributed by atoms with E-state index in [0.29, 0.717) is 22.1 Å². The average Bonchev–Trinajstić information content (AvgIpc) is 2.94. The second-order valence-electron chi connectivity index (χ2n) is 8.59. The average molecular weight is 486 g/mol. The van der Waals surface area contributed by atoms with E-state index >= 15 is 0 Å². The third kappa shape index (κ3) is 3.69. The Bertz CT molecular complexity index is 1670. The minimum atomic E-state index is -1.04. The standard InChI is InChI=1S/C32H20ClNO2/c33-29-20-24(15-17-31(29)35-25-10-2-1-3-11-25)32(28-13-7-5-9-23(28)21-34)19-18-27-26-12-6-4-8-22(26)14-16-30(27)36-32/h1-20H. The SMILES string of the molecule is N#Cc1ccccc1C1(c2ccc(Oc3ccccc3)c(Cl)c2)C=Cc2c(ccc3ccccc23)O1. The number of nitrogens with zero attached hydrogens (tertiary/aromatic N) is 1. The molecule has 4 heteroatoms. The predicted octanol–water partition coefficient (Wildman–Crippen LogP) is 8.51. The van der Waals surface area contributed by atoms with Crippen LogP contribution in [0.4, 0.5) is 0 Å². The quantitative estimate of drug-likeness (QED) is 0.256. The second kappa shape index (κ2) is 8.92. The molecule has 0 saturated carbocycles. The van der Waals surface area contributed by atoms with E-state index in [1.807, 2.05) is 91.0 Å². The van der Waals surface area contributed by atoms with Gasteiger partial charge in [0.15, 0.2) is 5.60 Å². The Morgan fingerprint density at radius 3 is 2.42 bits per heavy atom. The Hall–Kier alpha value is -4.52. The van der Waals surface area contributed by atoms with Gasteiger partial charge in [0.05, 0.1) is 16.7 Å². The van der Waals surface area contributed by atoms with Crippen molar-refractivity contribution >= 4 is 28.4 Å². The van der Waals surface area contributed by atoms with Crippen LogP contribution in [0.3, 0.4) is 0 Å². The zero-order chi connectivity index (χ0) is 24.5. The lowest BCUT2D eigenvalue weighted by Crippen LogP contribution is -2.35. The van der Waals surface area contributed by atoms with Crippen molar-refractivity contribution in [2.45, 2.75) is 5.60 Å². The Morgan fingerprint density at radius 1 is 0.806 bits per heavy atom. The van der Waals surface area contributed by atoms with Crippen molar-refractivity contribution in [3.05, 3.63) is 143 Å². The molecule has 0 saturated heterocycles. The van der Waals surface area contributed by atoms with Gasteiger partial charge in [-0.1, -0.05) is 84.4 Å². The zero-order valence-corrected chi connectivity index (χ0v) is 19.9. The number of benzene rings is 5. The second-order valence-corrected chi connectivity index (χ2v) is 8.99. The number of nitriles is 1. The van der Waals surface area contributed by atoms with Gasteiger partial charge in [0.1, 0.15) is 17.2 Å². The van der Waals surface area contributed by atoms with Gasteiger partial charge in [0, 0.05) is 16.7 Å². The molecule has 0 radical (unpaired) electrons. The third-order valence-corrected chi connectivity index (χ3v) is 6.76. The van der Waals surface area contributed by atoms with Gasteiger partial charge in [-0.2, -0.15) is 5.26 Å². The fourth-order valence-electron chi connectivity index (χ4n) is 4.73. The van der Waals surface area contributed by atoms with Crippen LogP contribution in [0, 0.1) is 11.3 Å². The van der Waals surface area contributed by atoms with E-state index in [0.717, 1.165) is 33.2 Å². The summed E-state index contributed by atoms with van der Waals surface area (Å²) in [7, 11) is 0. The third-order valence-electron chi connectivity index (χ3n) is 6.47. The molecule has 0 N–H and O–H groups in total. The molecule has 0 spiro atoms. The number of hydrogen-bond donors (Lipinski definition) is 0. The van der Waals surface area contributed by atoms with Gasteiger partial charge in [-0.15, -0.1) is 0 Å². The topological polar surface area (TPSA) is 42.2 Å². The largest absolute Gasteiger partial charge is 0.473 e. The maximum absolute atomic E-state index is 9.93. The van der Waals surface area contributed by atoms with Crippen molar-refractivity contribution in [1.82, 2.24) is 0 Å². The molecule has 5 aromatic rings. The number of para-hydroxylation sites is 1. The summed E-state index contributed by atoms with van der Waals surface area (Å²) < 4.78 is 12.8. The first-order chi connectivity index (χ1) is 17.7. The van der Waals surface area contributed by atoms with Gasteiger partial charge < -0.3 is 9.47 Å². The first-order valence-electron chi connectivity index (χ1n) is 11.6. The summed E-state index contributed by atoms with van der Waals surface area (Å²) in [5.74, 6) is 1.98. The van der Waals surface area contributed by atoms with Crippen LogP contribution in [0.1, 0.15) is 22.3 Å². The summed E-state index contributed by atoms with van der Waals surface area (Å²) >= 11 is 6.73. The van der Waals surface area contributed by atoms with E-state index in [4.69, 9.17) is 21.1 Å². The number of hydrogen-bond acceptors (Lipinski definition) is 3. The molecule has 0 fully saturated rings. The molecule has 1 aliphatic rings. The van der Waals surface area contributed by atoms with Gasteiger partial charge in [-0.25, -0.2) is 0 Å². The van der Waals surface area contributed by atoms with Crippen molar-refractivity contribution in [2.75, 3.05) is 0 Å². The maximum Gasteiger partial charge on any atom is 0.179 e.